The maximum Gasteiger partial charge on any atom is 0.252 e. The highest BCUT2D eigenvalue weighted by Gasteiger charge is 2.05. The molecule has 0 aliphatic carbocycles. The summed E-state index contributed by atoms with van der Waals surface area (Å²) < 4.78 is 4.94. The zero-order valence-corrected chi connectivity index (χ0v) is 9.32. The molecule has 0 saturated carbocycles. The van der Waals surface area contributed by atoms with Crippen LogP contribution in [-0.4, -0.2) is 24.1 Å². The molecule has 1 N–H and O–H groups in total. The summed E-state index contributed by atoms with van der Waals surface area (Å²) in [5, 5.41) is 4.99. The van der Waals surface area contributed by atoms with Gasteiger partial charge in [-0.25, -0.2) is 4.98 Å². The van der Waals surface area contributed by atoms with Gasteiger partial charge in [-0.2, -0.15) is 0 Å². The van der Waals surface area contributed by atoms with Gasteiger partial charge in [-0.15, -0.1) is 22.9 Å². The average Bonchev–Trinajstić information content (AvgIpc) is 2.62. The summed E-state index contributed by atoms with van der Waals surface area (Å²) in [6.07, 6.45) is 0. The Labute approximate surface area is 91.2 Å². The number of thiazole rings is 1. The fraction of sp³-hybridized carbons (Fsp3) is 0.500. The average molecular weight is 235 g/mol. The summed E-state index contributed by atoms with van der Waals surface area (Å²) in [4.78, 5) is 15.2. The zero-order valence-electron chi connectivity index (χ0n) is 7.75. The van der Waals surface area contributed by atoms with E-state index in [1.807, 2.05) is 12.3 Å². The molecule has 4 nitrogen and oxygen atoms in total. The first-order valence-electron chi connectivity index (χ1n) is 4.14. The number of hydrogen-bond donors (Lipinski definition) is 1. The van der Waals surface area contributed by atoms with Crippen LogP contribution in [0.1, 0.15) is 12.6 Å². The van der Waals surface area contributed by atoms with Crippen LogP contribution in [0.3, 0.4) is 0 Å². The molecule has 0 aliphatic heterocycles. The van der Waals surface area contributed by atoms with Crippen molar-refractivity contribution in [2.45, 2.75) is 12.8 Å². The van der Waals surface area contributed by atoms with Gasteiger partial charge in [0.05, 0.1) is 11.6 Å². The summed E-state index contributed by atoms with van der Waals surface area (Å²) in [5.74, 6) is 0.167. The van der Waals surface area contributed by atoms with Crippen LogP contribution in [0.5, 0.6) is 0 Å². The van der Waals surface area contributed by atoms with Crippen molar-refractivity contribution in [2.24, 2.45) is 0 Å². The molecule has 0 bridgehead atoms. The van der Waals surface area contributed by atoms with Crippen molar-refractivity contribution >= 4 is 34.0 Å². The molecule has 78 valence electrons. The van der Waals surface area contributed by atoms with Gasteiger partial charge in [0, 0.05) is 12.0 Å². The number of hydrogen-bond acceptors (Lipinski definition) is 4. The van der Waals surface area contributed by atoms with Crippen LogP contribution in [0.15, 0.2) is 5.38 Å². The van der Waals surface area contributed by atoms with E-state index >= 15 is 0 Å². The standard InChI is InChI=1S/C8H11ClN2O2S/c1-2-13-4-7(12)11-8-10-6(3-9)5-14-8/h5H,2-4H2,1H3,(H,10,11,12). The molecule has 0 spiro atoms. The van der Waals surface area contributed by atoms with Crippen molar-refractivity contribution in [3.05, 3.63) is 11.1 Å². The molecule has 1 aromatic rings. The highest BCUT2D eigenvalue weighted by molar-refractivity contribution is 7.13. The van der Waals surface area contributed by atoms with Crippen LogP contribution in [0.4, 0.5) is 5.13 Å². The van der Waals surface area contributed by atoms with E-state index in [1.54, 1.807) is 0 Å². The fourth-order valence-corrected chi connectivity index (χ4v) is 1.73. The molecule has 1 heterocycles. The summed E-state index contributed by atoms with van der Waals surface area (Å²) in [6.45, 7) is 2.42. The van der Waals surface area contributed by atoms with E-state index in [0.29, 0.717) is 17.6 Å². The molecule has 0 aliphatic rings. The number of amides is 1. The Morgan fingerprint density at radius 2 is 2.57 bits per heavy atom. The van der Waals surface area contributed by atoms with Crippen molar-refractivity contribution in [2.75, 3.05) is 18.5 Å². The second-order valence-electron chi connectivity index (χ2n) is 2.46. The zero-order chi connectivity index (χ0) is 10.4. The van der Waals surface area contributed by atoms with Gasteiger partial charge in [0.1, 0.15) is 6.61 Å². The van der Waals surface area contributed by atoms with E-state index in [2.05, 4.69) is 10.3 Å². The number of alkyl halides is 1. The predicted octanol–water partition coefficient (Wildman–Crippen LogP) is 1.86. The Morgan fingerprint density at radius 1 is 1.79 bits per heavy atom. The minimum absolute atomic E-state index is 0.0618. The first-order valence-corrected chi connectivity index (χ1v) is 5.55. The Kier molecular flexibility index (Phi) is 4.86. The van der Waals surface area contributed by atoms with Crippen LogP contribution < -0.4 is 5.32 Å². The second-order valence-corrected chi connectivity index (χ2v) is 3.59. The molecule has 1 amide bonds. The molecule has 6 heteroatoms. The number of anilines is 1. The third-order valence-corrected chi connectivity index (χ3v) is 2.45. The van der Waals surface area contributed by atoms with Gasteiger partial charge in [-0.3, -0.25) is 10.1 Å². The van der Waals surface area contributed by atoms with Crippen LogP contribution in [0.25, 0.3) is 0 Å². The van der Waals surface area contributed by atoms with E-state index in [9.17, 15) is 4.79 Å². The molecule has 0 radical (unpaired) electrons. The van der Waals surface area contributed by atoms with Gasteiger partial charge >= 0.3 is 0 Å². The van der Waals surface area contributed by atoms with Crippen molar-refractivity contribution in [3.63, 3.8) is 0 Å². The lowest BCUT2D eigenvalue weighted by atomic mass is 10.6. The van der Waals surface area contributed by atoms with Gasteiger partial charge in [0.2, 0.25) is 0 Å². The first-order chi connectivity index (χ1) is 6.76. The van der Waals surface area contributed by atoms with Crippen molar-refractivity contribution < 1.29 is 9.53 Å². The summed E-state index contributed by atoms with van der Waals surface area (Å²) >= 11 is 6.92. The quantitative estimate of drug-likeness (QED) is 0.792. The lowest BCUT2D eigenvalue weighted by molar-refractivity contribution is -0.120. The largest absolute Gasteiger partial charge is 0.372 e. The van der Waals surface area contributed by atoms with Crippen molar-refractivity contribution in [3.8, 4) is 0 Å². The number of ether oxygens (including phenoxy) is 1. The molecular formula is C8H11ClN2O2S. The van der Waals surface area contributed by atoms with E-state index < -0.39 is 0 Å². The highest BCUT2D eigenvalue weighted by atomic mass is 35.5. The molecule has 0 saturated heterocycles. The monoisotopic (exact) mass is 234 g/mol. The summed E-state index contributed by atoms with van der Waals surface area (Å²) in [5.41, 5.74) is 0.767. The van der Waals surface area contributed by atoms with E-state index in [-0.39, 0.29) is 12.5 Å². The molecule has 0 fully saturated rings. The molecule has 14 heavy (non-hydrogen) atoms. The number of halogens is 1. The molecule has 0 aromatic carbocycles. The third kappa shape index (κ3) is 3.61. The van der Waals surface area contributed by atoms with E-state index in [4.69, 9.17) is 16.3 Å². The lowest BCUT2D eigenvalue weighted by Gasteiger charge is -2.00. The van der Waals surface area contributed by atoms with Gasteiger partial charge in [0.25, 0.3) is 5.91 Å². The van der Waals surface area contributed by atoms with Crippen LogP contribution >= 0.6 is 22.9 Å². The van der Waals surface area contributed by atoms with Crippen LogP contribution in [-0.2, 0) is 15.4 Å². The van der Waals surface area contributed by atoms with E-state index in [1.165, 1.54) is 11.3 Å². The van der Waals surface area contributed by atoms with Crippen molar-refractivity contribution in [1.82, 2.24) is 4.98 Å². The first kappa shape index (κ1) is 11.4. The SMILES string of the molecule is CCOCC(=O)Nc1nc(CCl)cs1. The van der Waals surface area contributed by atoms with Gasteiger partial charge in [-0.1, -0.05) is 0 Å². The number of rotatable bonds is 5. The van der Waals surface area contributed by atoms with Gasteiger partial charge in [0.15, 0.2) is 5.13 Å². The lowest BCUT2D eigenvalue weighted by Crippen LogP contribution is -2.18. The molecule has 0 unspecified atom stereocenters. The predicted molar refractivity (Wildman–Crippen MR) is 56.8 cm³/mol. The third-order valence-electron chi connectivity index (χ3n) is 1.37. The number of aromatic nitrogens is 1. The Bertz CT molecular complexity index is 303. The Balaban J connectivity index is 2.39. The van der Waals surface area contributed by atoms with Gasteiger partial charge in [-0.05, 0) is 6.92 Å². The van der Waals surface area contributed by atoms with Crippen molar-refractivity contribution in [1.29, 1.82) is 0 Å². The minimum atomic E-state index is -0.192. The number of nitrogens with zero attached hydrogens (tertiary/aromatic N) is 1. The Hall–Kier alpha value is -0.650. The van der Waals surface area contributed by atoms with Crippen LogP contribution in [0.2, 0.25) is 0 Å². The molecule has 0 atom stereocenters. The maximum atomic E-state index is 11.2. The number of nitrogens with one attached hydrogen (secondary N) is 1. The Morgan fingerprint density at radius 3 is 3.14 bits per heavy atom. The smallest absolute Gasteiger partial charge is 0.252 e. The minimum Gasteiger partial charge on any atom is -0.372 e. The number of carbonyl (C=O) groups excluding carboxylic acids is 1. The summed E-state index contributed by atoms with van der Waals surface area (Å²) in [6, 6.07) is 0. The second kappa shape index (κ2) is 5.95. The molecular weight excluding hydrogens is 224 g/mol. The summed E-state index contributed by atoms with van der Waals surface area (Å²) in [7, 11) is 0. The maximum absolute atomic E-state index is 11.2. The molecule has 1 rings (SSSR count). The normalized spacial score (nSPS) is 10.1. The van der Waals surface area contributed by atoms with E-state index in [0.717, 1.165) is 5.69 Å². The number of carbonyl (C=O) groups is 1. The topological polar surface area (TPSA) is 51.2 Å². The van der Waals surface area contributed by atoms with Gasteiger partial charge < -0.3 is 4.74 Å². The fourth-order valence-electron chi connectivity index (χ4n) is 0.776. The highest BCUT2D eigenvalue weighted by Crippen LogP contribution is 2.16. The molecule has 1 aromatic heterocycles. The van der Waals surface area contributed by atoms with Crippen LogP contribution in [0, 0.1) is 0 Å².